The van der Waals surface area contributed by atoms with E-state index in [4.69, 9.17) is 0 Å². The Hall–Kier alpha value is -1.16. The standard InChI is InChI=1S/C13H18O3S/c1-13(2,3)12(14)11-8-6-5-7-10(11)9-17(4,15)16/h5-8H,9H2,1-4H3. The van der Waals surface area contributed by atoms with Crippen LogP contribution >= 0.6 is 0 Å². The summed E-state index contributed by atoms with van der Waals surface area (Å²) in [5, 5.41) is 0. The second kappa shape index (κ2) is 4.61. The lowest BCUT2D eigenvalue weighted by Crippen LogP contribution is -2.22. The van der Waals surface area contributed by atoms with Crippen LogP contribution in [-0.4, -0.2) is 20.5 Å². The molecular formula is C13H18O3S. The first kappa shape index (κ1) is 13.9. The number of hydrogen-bond donors (Lipinski definition) is 0. The minimum absolute atomic E-state index is 0.0308. The van der Waals surface area contributed by atoms with Crippen molar-refractivity contribution in [1.29, 1.82) is 0 Å². The number of ketones is 1. The van der Waals surface area contributed by atoms with Crippen molar-refractivity contribution in [2.45, 2.75) is 26.5 Å². The van der Waals surface area contributed by atoms with Gasteiger partial charge in [-0.25, -0.2) is 8.42 Å². The zero-order valence-corrected chi connectivity index (χ0v) is 11.5. The van der Waals surface area contributed by atoms with Gasteiger partial charge < -0.3 is 0 Å². The molecule has 0 aliphatic heterocycles. The molecule has 0 atom stereocenters. The highest BCUT2D eigenvalue weighted by molar-refractivity contribution is 7.89. The van der Waals surface area contributed by atoms with Crippen molar-refractivity contribution in [3.05, 3.63) is 35.4 Å². The van der Waals surface area contributed by atoms with E-state index < -0.39 is 15.3 Å². The van der Waals surface area contributed by atoms with Crippen molar-refractivity contribution < 1.29 is 13.2 Å². The lowest BCUT2D eigenvalue weighted by atomic mass is 9.85. The molecule has 0 saturated heterocycles. The maximum Gasteiger partial charge on any atom is 0.168 e. The predicted octanol–water partition coefficient (Wildman–Crippen LogP) is 2.46. The molecule has 1 rings (SSSR count). The van der Waals surface area contributed by atoms with E-state index >= 15 is 0 Å². The second-order valence-electron chi connectivity index (χ2n) is 5.31. The maximum atomic E-state index is 12.2. The van der Waals surface area contributed by atoms with E-state index in [9.17, 15) is 13.2 Å². The number of carbonyl (C=O) groups is 1. The molecular weight excluding hydrogens is 236 g/mol. The van der Waals surface area contributed by atoms with Gasteiger partial charge in [-0.15, -0.1) is 0 Å². The van der Waals surface area contributed by atoms with Gasteiger partial charge in [-0.2, -0.15) is 0 Å². The molecule has 0 saturated carbocycles. The van der Waals surface area contributed by atoms with Crippen molar-refractivity contribution in [2.24, 2.45) is 5.41 Å². The Balaban J connectivity index is 3.22. The fourth-order valence-corrected chi connectivity index (χ4v) is 2.37. The summed E-state index contributed by atoms with van der Waals surface area (Å²) in [7, 11) is -3.13. The van der Waals surface area contributed by atoms with E-state index in [-0.39, 0.29) is 11.5 Å². The first-order valence-electron chi connectivity index (χ1n) is 5.42. The number of rotatable bonds is 3. The van der Waals surface area contributed by atoms with Gasteiger partial charge in [0.25, 0.3) is 0 Å². The molecule has 3 nitrogen and oxygen atoms in total. The van der Waals surface area contributed by atoms with Crippen molar-refractivity contribution in [3.63, 3.8) is 0 Å². The highest BCUT2D eigenvalue weighted by atomic mass is 32.2. The fourth-order valence-electron chi connectivity index (χ4n) is 1.55. The normalized spacial score (nSPS) is 12.5. The molecule has 4 heteroatoms. The number of hydrogen-bond acceptors (Lipinski definition) is 3. The zero-order valence-electron chi connectivity index (χ0n) is 10.6. The summed E-state index contributed by atoms with van der Waals surface area (Å²) in [5.74, 6) is -0.123. The molecule has 0 radical (unpaired) electrons. The molecule has 1 aromatic carbocycles. The summed E-state index contributed by atoms with van der Waals surface area (Å²) in [5.41, 5.74) is 0.577. The molecule has 0 heterocycles. The Morgan fingerprint density at radius 2 is 1.71 bits per heavy atom. The lowest BCUT2D eigenvalue weighted by Gasteiger charge is -2.18. The maximum absolute atomic E-state index is 12.2. The van der Waals surface area contributed by atoms with Crippen molar-refractivity contribution >= 4 is 15.6 Å². The molecule has 0 unspecified atom stereocenters. The first-order chi connectivity index (χ1) is 7.61. The van der Waals surface area contributed by atoms with Crippen LogP contribution < -0.4 is 0 Å². The Labute approximate surface area is 103 Å². The zero-order chi connectivity index (χ0) is 13.3. The number of carbonyl (C=O) groups excluding carboxylic acids is 1. The molecule has 0 aliphatic rings. The van der Waals surface area contributed by atoms with Gasteiger partial charge in [-0.3, -0.25) is 4.79 Å². The Morgan fingerprint density at radius 1 is 1.18 bits per heavy atom. The van der Waals surface area contributed by atoms with Crippen LogP contribution in [0.2, 0.25) is 0 Å². The van der Waals surface area contributed by atoms with Gasteiger partial charge in [0.2, 0.25) is 0 Å². The quantitative estimate of drug-likeness (QED) is 0.779. The first-order valence-corrected chi connectivity index (χ1v) is 7.48. The molecule has 17 heavy (non-hydrogen) atoms. The summed E-state index contributed by atoms with van der Waals surface area (Å²) in [6.07, 6.45) is 1.17. The highest BCUT2D eigenvalue weighted by Gasteiger charge is 2.25. The van der Waals surface area contributed by atoms with Crippen LogP contribution in [0.3, 0.4) is 0 Å². The third kappa shape index (κ3) is 3.97. The van der Waals surface area contributed by atoms with Crippen LogP contribution in [-0.2, 0) is 15.6 Å². The Morgan fingerprint density at radius 3 is 2.18 bits per heavy atom. The molecule has 0 bridgehead atoms. The highest BCUT2D eigenvalue weighted by Crippen LogP contribution is 2.24. The summed E-state index contributed by atoms with van der Waals surface area (Å²) >= 11 is 0. The summed E-state index contributed by atoms with van der Waals surface area (Å²) in [4.78, 5) is 12.2. The third-order valence-corrected chi connectivity index (χ3v) is 3.20. The second-order valence-corrected chi connectivity index (χ2v) is 7.45. The average molecular weight is 254 g/mol. The van der Waals surface area contributed by atoms with Gasteiger partial charge in [0.15, 0.2) is 15.6 Å². The van der Waals surface area contributed by atoms with Gasteiger partial charge >= 0.3 is 0 Å². The van der Waals surface area contributed by atoms with Crippen molar-refractivity contribution in [2.75, 3.05) is 6.26 Å². The molecule has 1 aromatic rings. The minimum Gasteiger partial charge on any atom is -0.294 e. The molecule has 0 spiro atoms. The van der Waals surface area contributed by atoms with E-state index in [1.54, 1.807) is 24.3 Å². The van der Waals surface area contributed by atoms with Crippen LogP contribution in [0, 0.1) is 5.41 Å². The average Bonchev–Trinajstić information content (AvgIpc) is 2.13. The third-order valence-electron chi connectivity index (χ3n) is 2.36. The topological polar surface area (TPSA) is 51.2 Å². The van der Waals surface area contributed by atoms with Crippen LogP contribution in [0.25, 0.3) is 0 Å². The van der Waals surface area contributed by atoms with Crippen LogP contribution in [0.4, 0.5) is 0 Å². The predicted molar refractivity (Wildman–Crippen MR) is 68.8 cm³/mol. The SMILES string of the molecule is CC(C)(C)C(=O)c1ccccc1CS(C)(=O)=O. The van der Waals surface area contributed by atoms with Gasteiger partial charge in [-0.1, -0.05) is 45.0 Å². The van der Waals surface area contributed by atoms with Crippen LogP contribution in [0.15, 0.2) is 24.3 Å². The smallest absolute Gasteiger partial charge is 0.168 e. The summed E-state index contributed by atoms with van der Waals surface area (Å²) in [6.45, 7) is 5.48. The monoisotopic (exact) mass is 254 g/mol. The van der Waals surface area contributed by atoms with Gasteiger partial charge in [-0.05, 0) is 5.56 Å². The van der Waals surface area contributed by atoms with Gasteiger partial charge in [0.1, 0.15) is 0 Å². The summed E-state index contributed by atoms with van der Waals surface area (Å²) in [6, 6.07) is 6.89. The Bertz CT molecular complexity index is 522. The number of benzene rings is 1. The van der Waals surface area contributed by atoms with Crippen LogP contribution in [0.5, 0.6) is 0 Å². The van der Waals surface area contributed by atoms with Gasteiger partial charge in [0, 0.05) is 17.2 Å². The largest absolute Gasteiger partial charge is 0.294 e. The minimum atomic E-state index is -3.13. The van der Waals surface area contributed by atoms with E-state index in [0.29, 0.717) is 11.1 Å². The molecule has 0 N–H and O–H groups in total. The van der Waals surface area contributed by atoms with E-state index in [2.05, 4.69) is 0 Å². The number of sulfone groups is 1. The molecule has 0 aromatic heterocycles. The van der Waals surface area contributed by atoms with Crippen LogP contribution in [0.1, 0.15) is 36.7 Å². The number of Topliss-reactive ketones (excluding diaryl/α,β-unsaturated/α-hetero) is 1. The van der Waals surface area contributed by atoms with E-state index in [0.717, 1.165) is 0 Å². The van der Waals surface area contributed by atoms with Crippen molar-refractivity contribution in [1.82, 2.24) is 0 Å². The van der Waals surface area contributed by atoms with E-state index in [1.807, 2.05) is 20.8 Å². The van der Waals surface area contributed by atoms with Gasteiger partial charge in [0.05, 0.1) is 5.75 Å². The van der Waals surface area contributed by atoms with E-state index in [1.165, 1.54) is 6.26 Å². The molecule has 0 aliphatic carbocycles. The summed E-state index contributed by atoms with van der Waals surface area (Å²) < 4.78 is 22.6. The molecule has 94 valence electrons. The Kier molecular flexibility index (Phi) is 3.77. The molecule has 0 fully saturated rings. The fraction of sp³-hybridized carbons (Fsp3) is 0.462. The molecule has 0 amide bonds. The lowest BCUT2D eigenvalue weighted by molar-refractivity contribution is 0.0857. The van der Waals surface area contributed by atoms with Crippen molar-refractivity contribution in [3.8, 4) is 0 Å².